The van der Waals surface area contributed by atoms with Crippen molar-refractivity contribution in [3.8, 4) is 0 Å². The number of halogens is 1. The quantitative estimate of drug-likeness (QED) is 0.697. The monoisotopic (exact) mass is 347 g/mol. The van der Waals surface area contributed by atoms with Crippen LogP contribution in [0.5, 0.6) is 0 Å². The van der Waals surface area contributed by atoms with E-state index in [0.29, 0.717) is 5.56 Å². The van der Waals surface area contributed by atoms with Crippen molar-refractivity contribution in [2.45, 2.75) is 12.3 Å². The number of nitrogens with zero attached hydrogens (tertiary/aromatic N) is 1. The van der Waals surface area contributed by atoms with Crippen LogP contribution in [0.25, 0.3) is 11.1 Å². The van der Waals surface area contributed by atoms with Gasteiger partial charge in [0.05, 0.1) is 5.56 Å². The van der Waals surface area contributed by atoms with Crippen molar-refractivity contribution < 1.29 is 14.3 Å². The van der Waals surface area contributed by atoms with Crippen molar-refractivity contribution in [1.29, 1.82) is 0 Å². The Labute approximate surface area is 130 Å². The molecule has 3 aromatic rings. The number of hydrogen-bond acceptors (Lipinski definition) is 3. The van der Waals surface area contributed by atoms with Crippen molar-refractivity contribution in [1.82, 2.24) is 4.98 Å². The van der Waals surface area contributed by atoms with Crippen LogP contribution >= 0.6 is 15.9 Å². The van der Waals surface area contributed by atoms with E-state index in [2.05, 4.69) is 20.9 Å². The van der Waals surface area contributed by atoms with Crippen LogP contribution in [0.4, 0.5) is 0 Å². The summed E-state index contributed by atoms with van der Waals surface area (Å²) in [6.45, 7) is 1.85. The fourth-order valence-corrected chi connectivity index (χ4v) is 2.10. The van der Waals surface area contributed by atoms with Gasteiger partial charge in [-0.25, -0.2) is 9.78 Å². The molecule has 5 heteroatoms. The Morgan fingerprint density at radius 2 is 1.86 bits per heavy atom. The number of alkyl halides is 1. The number of aryl methyl sites for hydroxylation is 1. The molecule has 0 saturated carbocycles. The summed E-state index contributed by atoms with van der Waals surface area (Å²) < 4.78 is 5.26. The highest BCUT2D eigenvalue weighted by molar-refractivity contribution is 9.08. The first-order valence-corrected chi connectivity index (χ1v) is 7.42. The Morgan fingerprint density at radius 3 is 2.43 bits per heavy atom. The summed E-state index contributed by atoms with van der Waals surface area (Å²) in [7, 11) is 0. The zero-order valence-electron chi connectivity index (χ0n) is 11.4. The summed E-state index contributed by atoms with van der Waals surface area (Å²) in [6.07, 6.45) is 0. The summed E-state index contributed by atoms with van der Waals surface area (Å²) in [5, 5.41) is 9.29. The predicted octanol–water partition coefficient (Wildman–Crippen LogP) is 4.42. The van der Waals surface area contributed by atoms with Crippen LogP contribution in [0.3, 0.4) is 0 Å². The minimum absolute atomic E-state index is 0.328. The second kappa shape index (κ2) is 7.04. The predicted molar refractivity (Wildman–Crippen MR) is 84.8 cm³/mol. The minimum Gasteiger partial charge on any atom is -0.478 e. The molecule has 0 fully saturated rings. The van der Waals surface area contributed by atoms with Gasteiger partial charge in [0.25, 0.3) is 0 Å². The smallest absolute Gasteiger partial charge is 0.335 e. The highest BCUT2D eigenvalue weighted by Crippen LogP contribution is 2.13. The number of carboxylic acids is 1. The molecule has 0 bridgehead atoms. The van der Waals surface area contributed by atoms with E-state index in [9.17, 15) is 4.79 Å². The third kappa shape index (κ3) is 4.16. The highest BCUT2D eigenvalue weighted by atomic mass is 79.9. The van der Waals surface area contributed by atoms with Crippen molar-refractivity contribution in [2.24, 2.45) is 0 Å². The Bertz CT molecular complexity index is 702. The second-order valence-electron chi connectivity index (χ2n) is 4.34. The molecule has 2 aromatic carbocycles. The van der Waals surface area contributed by atoms with Crippen LogP contribution in [-0.2, 0) is 5.33 Å². The fourth-order valence-electron chi connectivity index (χ4n) is 1.72. The summed E-state index contributed by atoms with van der Waals surface area (Å²) in [6, 6.07) is 14.5. The molecule has 0 spiro atoms. The Morgan fingerprint density at radius 1 is 1.19 bits per heavy atom. The molecule has 21 heavy (non-hydrogen) atoms. The topological polar surface area (TPSA) is 63.3 Å². The first-order chi connectivity index (χ1) is 10.1. The summed E-state index contributed by atoms with van der Waals surface area (Å²) in [5.74, 6) is -0.160. The van der Waals surface area contributed by atoms with Gasteiger partial charge >= 0.3 is 5.97 Å². The van der Waals surface area contributed by atoms with E-state index in [-0.39, 0.29) is 0 Å². The molecule has 0 aliphatic heterocycles. The number of aromatic nitrogens is 1. The number of carboxylic acid groups (broad SMARTS) is 1. The Kier molecular flexibility index (Phi) is 5.11. The average molecular weight is 348 g/mol. The molecule has 1 aromatic heterocycles. The van der Waals surface area contributed by atoms with E-state index in [1.54, 1.807) is 24.3 Å². The standard InChI is InChI=1S/C8H7BrO2.C8H7NO/c9-5-6-1-3-7(4-2-6)8(10)11;1-6-9-7-4-2-3-5-8(7)10-6/h1-4H,5H2,(H,10,11);2-5H,1H3. The van der Waals surface area contributed by atoms with Gasteiger partial charge in [0.1, 0.15) is 5.52 Å². The molecule has 0 unspecified atom stereocenters. The Hall–Kier alpha value is -2.14. The van der Waals surface area contributed by atoms with Gasteiger partial charge in [0, 0.05) is 12.3 Å². The third-order valence-electron chi connectivity index (χ3n) is 2.76. The second-order valence-corrected chi connectivity index (χ2v) is 4.90. The van der Waals surface area contributed by atoms with Crippen LogP contribution < -0.4 is 0 Å². The number of aromatic carboxylic acids is 1. The number of para-hydroxylation sites is 2. The normalized spacial score (nSPS) is 10.0. The molecule has 1 N–H and O–H groups in total. The third-order valence-corrected chi connectivity index (χ3v) is 3.40. The van der Waals surface area contributed by atoms with E-state index in [0.717, 1.165) is 27.9 Å². The number of carbonyl (C=O) groups is 1. The average Bonchev–Trinajstić information content (AvgIpc) is 2.88. The lowest BCUT2D eigenvalue weighted by Gasteiger charge is -1.95. The first kappa shape index (κ1) is 15.3. The maximum atomic E-state index is 10.4. The molecule has 0 saturated heterocycles. The lowest BCUT2D eigenvalue weighted by Crippen LogP contribution is -1.95. The molecule has 1 heterocycles. The van der Waals surface area contributed by atoms with E-state index >= 15 is 0 Å². The maximum absolute atomic E-state index is 10.4. The van der Waals surface area contributed by atoms with Gasteiger partial charge < -0.3 is 9.52 Å². The van der Waals surface area contributed by atoms with Crippen molar-refractivity contribution in [3.05, 3.63) is 65.5 Å². The summed E-state index contributed by atoms with van der Waals surface area (Å²) in [4.78, 5) is 14.5. The maximum Gasteiger partial charge on any atom is 0.335 e. The van der Waals surface area contributed by atoms with Crippen LogP contribution in [0, 0.1) is 6.92 Å². The minimum atomic E-state index is -0.883. The van der Waals surface area contributed by atoms with E-state index in [1.165, 1.54) is 0 Å². The van der Waals surface area contributed by atoms with Gasteiger partial charge in [-0.05, 0) is 29.8 Å². The molecule has 0 aliphatic rings. The molecular formula is C16H14BrNO3. The molecule has 0 radical (unpaired) electrons. The number of benzene rings is 2. The van der Waals surface area contributed by atoms with E-state index < -0.39 is 5.97 Å². The Balaban J connectivity index is 0.000000154. The SMILES string of the molecule is Cc1nc2ccccc2o1.O=C(O)c1ccc(CBr)cc1. The lowest BCUT2D eigenvalue weighted by atomic mass is 10.2. The zero-order chi connectivity index (χ0) is 15.2. The van der Waals surface area contributed by atoms with Crippen molar-refractivity contribution >= 4 is 33.0 Å². The van der Waals surface area contributed by atoms with Crippen molar-refractivity contribution in [2.75, 3.05) is 0 Å². The molecule has 0 atom stereocenters. The molecular weight excluding hydrogens is 334 g/mol. The first-order valence-electron chi connectivity index (χ1n) is 6.30. The van der Waals surface area contributed by atoms with Gasteiger partial charge in [-0.3, -0.25) is 0 Å². The van der Waals surface area contributed by atoms with E-state index in [1.807, 2.05) is 31.2 Å². The van der Waals surface area contributed by atoms with Crippen LogP contribution in [0.1, 0.15) is 21.8 Å². The van der Waals surface area contributed by atoms with Gasteiger partial charge in [0.2, 0.25) is 0 Å². The molecule has 0 amide bonds. The van der Waals surface area contributed by atoms with Gasteiger partial charge in [-0.15, -0.1) is 0 Å². The number of rotatable bonds is 2. The van der Waals surface area contributed by atoms with Crippen LogP contribution in [-0.4, -0.2) is 16.1 Å². The molecule has 0 aliphatic carbocycles. The van der Waals surface area contributed by atoms with E-state index in [4.69, 9.17) is 9.52 Å². The number of fused-ring (bicyclic) bond motifs is 1. The molecule has 4 nitrogen and oxygen atoms in total. The number of oxazole rings is 1. The van der Waals surface area contributed by atoms with Crippen LogP contribution in [0.15, 0.2) is 52.9 Å². The molecule has 108 valence electrons. The fraction of sp³-hybridized carbons (Fsp3) is 0.125. The highest BCUT2D eigenvalue weighted by Gasteiger charge is 2.00. The van der Waals surface area contributed by atoms with Crippen LogP contribution in [0.2, 0.25) is 0 Å². The zero-order valence-corrected chi connectivity index (χ0v) is 13.0. The summed E-state index contributed by atoms with van der Waals surface area (Å²) in [5.41, 5.74) is 3.20. The van der Waals surface area contributed by atoms with Gasteiger partial charge in [-0.1, -0.05) is 40.2 Å². The van der Waals surface area contributed by atoms with Crippen molar-refractivity contribution in [3.63, 3.8) is 0 Å². The lowest BCUT2D eigenvalue weighted by molar-refractivity contribution is 0.0697. The number of hydrogen-bond donors (Lipinski definition) is 1. The molecule has 3 rings (SSSR count). The van der Waals surface area contributed by atoms with Gasteiger partial charge in [-0.2, -0.15) is 0 Å². The largest absolute Gasteiger partial charge is 0.478 e. The summed E-state index contributed by atoms with van der Waals surface area (Å²) >= 11 is 3.27. The van der Waals surface area contributed by atoms with Gasteiger partial charge in [0.15, 0.2) is 11.5 Å².